The first kappa shape index (κ1) is 24.0. The summed E-state index contributed by atoms with van der Waals surface area (Å²) < 4.78 is 30.6. The molecule has 8 nitrogen and oxygen atoms in total. The van der Waals surface area contributed by atoms with E-state index in [2.05, 4.69) is 16.4 Å². The number of carbonyl (C=O) groups is 1. The van der Waals surface area contributed by atoms with Crippen LogP contribution in [0.3, 0.4) is 0 Å². The number of hydrogen-bond acceptors (Lipinski definition) is 6. The molecule has 4 rings (SSSR count). The van der Waals surface area contributed by atoms with Crippen LogP contribution in [0.2, 0.25) is 0 Å². The van der Waals surface area contributed by atoms with Gasteiger partial charge in [0, 0.05) is 18.0 Å². The van der Waals surface area contributed by atoms with Gasteiger partial charge in [0.05, 0.1) is 37.0 Å². The van der Waals surface area contributed by atoms with Crippen LogP contribution in [0.4, 0.5) is 5.95 Å². The Morgan fingerprint density at radius 2 is 1.71 bits per heavy atom. The van der Waals surface area contributed by atoms with Crippen molar-refractivity contribution in [1.29, 1.82) is 0 Å². The standard InChI is InChI=1S/C25H28N3O5P/c1-4-32-34(30,33-5-2)17-16-31-20-13-10-19(11-14-20)24(29)27-25-26-22-15-12-18-8-6-7-9-21(18)23(22)28(25)3/h6-15H,4-5,16-17H2,1-3H3,(H,26,27,29). The van der Waals surface area contributed by atoms with Gasteiger partial charge in [-0.15, -0.1) is 0 Å². The number of rotatable bonds is 10. The van der Waals surface area contributed by atoms with Gasteiger partial charge in [0.2, 0.25) is 5.95 Å². The number of nitrogens with zero attached hydrogens (tertiary/aromatic N) is 2. The third-order valence-corrected chi connectivity index (χ3v) is 7.42. The molecule has 1 N–H and O–H groups in total. The molecule has 0 saturated carbocycles. The average Bonchev–Trinajstić information content (AvgIpc) is 3.15. The molecule has 1 heterocycles. The molecular weight excluding hydrogens is 453 g/mol. The summed E-state index contributed by atoms with van der Waals surface area (Å²) in [5.41, 5.74) is 2.25. The minimum atomic E-state index is -3.15. The van der Waals surface area contributed by atoms with Gasteiger partial charge in [0.1, 0.15) is 5.75 Å². The number of carbonyl (C=O) groups excluding carboxylic acids is 1. The van der Waals surface area contributed by atoms with E-state index in [-0.39, 0.29) is 18.7 Å². The third-order valence-electron chi connectivity index (χ3n) is 5.39. The van der Waals surface area contributed by atoms with Gasteiger partial charge in [-0.25, -0.2) is 4.98 Å². The minimum absolute atomic E-state index is 0.151. The van der Waals surface area contributed by atoms with Crippen molar-refractivity contribution >= 4 is 41.3 Å². The molecule has 0 aliphatic carbocycles. The fourth-order valence-corrected chi connectivity index (χ4v) is 5.24. The zero-order valence-electron chi connectivity index (χ0n) is 19.5. The summed E-state index contributed by atoms with van der Waals surface area (Å²) in [5.74, 6) is 0.760. The highest BCUT2D eigenvalue weighted by Crippen LogP contribution is 2.47. The quantitative estimate of drug-likeness (QED) is 0.296. The van der Waals surface area contributed by atoms with Crippen LogP contribution in [-0.4, -0.2) is 41.4 Å². The van der Waals surface area contributed by atoms with Gasteiger partial charge < -0.3 is 18.4 Å². The summed E-state index contributed by atoms with van der Waals surface area (Å²) in [6.45, 7) is 4.33. The normalized spacial score (nSPS) is 11.7. The molecule has 0 atom stereocenters. The van der Waals surface area contributed by atoms with Crippen molar-refractivity contribution in [1.82, 2.24) is 9.55 Å². The SMILES string of the molecule is CCOP(=O)(CCOc1ccc(C(=O)Nc2nc3ccc4ccccc4c3n2C)cc1)OCC. The second-order valence-corrected chi connectivity index (χ2v) is 9.83. The number of anilines is 1. The van der Waals surface area contributed by atoms with E-state index in [0.29, 0.717) is 30.5 Å². The van der Waals surface area contributed by atoms with Crippen molar-refractivity contribution in [2.24, 2.45) is 7.05 Å². The summed E-state index contributed by atoms with van der Waals surface area (Å²) in [7, 11) is -1.27. The molecule has 0 bridgehead atoms. The summed E-state index contributed by atoms with van der Waals surface area (Å²) in [5, 5.41) is 5.09. The highest BCUT2D eigenvalue weighted by Gasteiger charge is 2.23. The Morgan fingerprint density at radius 3 is 2.41 bits per heavy atom. The summed E-state index contributed by atoms with van der Waals surface area (Å²) in [6, 6.07) is 18.8. The fraction of sp³-hybridized carbons (Fsp3) is 0.280. The van der Waals surface area contributed by atoms with E-state index in [0.717, 1.165) is 21.8 Å². The molecule has 1 amide bonds. The van der Waals surface area contributed by atoms with Gasteiger partial charge in [0.15, 0.2) is 0 Å². The van der Waals surface area contributed by atoms with Crippen molar-refractivity contribution in [3.05, 3.63) is 66.2 Å². The Labute approximate surface area is 198 Å². The van der Waals surface area contributed by atoms with E-state index in [1.165, 1.54) is 0 Å². The van der Waals surface area contributed by atoms with Crippen LogP contribution in [0.5, 0.6) is 5.75 Å². The van der Waals surface area contributed by atoms with Gasteiger partial charge in [-0.1, -0.05) is 30.3 Å². The molecule has 4 aromatic rings. The predicted molar refractivity (Wildman–Crippen MR) is 134 cm³/mol. The molecule has 0 saturated heterocycles. The smallest absolute Gasteiger partial charge is 0.334 e. The molecule has 0 fully saturated rings. The minimum Gasteiger partial charge on any atom is -0.493 e. The zero-order chi connectivity index (χ0) is 24.1. The first-order valence-corrected chi connectivity index (χ1v) is 12.9. The zero-order valence-corrected chi connectivity index (χ0v) is 20.4. The second-order valence-electron chi connectivity index (χ2n) is 7.65. The molecule has 178 valence electrons. The van der Waals surface area contributed by atoms with Crippen LogP contribution >= 0.6 is 7.60 Å². The van der Waals surface area contributed by atoms with Crippen LogP contribution in [-0.2, 0) is 20.7 Å². The number of nitrogens with one attached hydrogen (secondary N) is 1. The van der Waals surface area contributed by atoms with Crippen molar-refractivity contribution in [2.75, 3.05) is 31.3 Å². The van der Waals surface area contributed by atoms with Crippen molar-refractivity contribution in [3.8, 4) is 5.75 Å². The second kappa shape index (κ2) is 10.4. The Morgan fingerprint density at radius 1 is 1.00 bits per heavy atom. The molecule has 1 aromatic heterocycles. The van der Waals surface area contributed by atoms with Crippen LogP contribution in [0.25, 0.3) is 21.8 Å². The van der Waals surface area contributed by atoms with Crippen molar-refractivity contribution < 1.29 is 23.1 Å². The number of amides is 1. The van der Waals surface area contributed by atoms with E-state index in [4.69, 9.17) is 13.8 Å². The highest BCUT2D eigenvalue weighted by atomic mass is 31.2. The summed E-state index contributed by atoms with van der Waals surface area (Å²) in [4.78, 5) is 17.4. The van der Waals surface area contributed by atoms with E-state index in [9.17, 15) is 9.36 Å². The predicted octanol–water partition coefficient (Wildman–Crippen LogP) is 5.62. The topological polar surface area (TPSA) is 91.7 Å². The van der Waals surface area contributed by atoms with Gasteiger partial charge in [-0.2, -0.15) is 0 Å². The Bertz CT molecular complexity index is 1340. The van der Waals surface area contributed by atoms with Crippen molar-refractivity contribution in [2.45, 2.75) is 13.8 Å². The van der Waals surface area contributed by atoms with E-state index in [1.54, 1.807) is 38.1 Å². The first-order valence-electron chi connectivity index (χ1n) is 11.2. The maximum Gasteiger partial charge on any atom is 0.334 e. The number of fused-ring (bicyclic) bond motifs is 3. The van der Waals surface area contributed by atoms with Crippen LogP contribution in [0.1, 0.15) is 24.2 Å². The van der Waals surface area contributed by atoms with Gasteiger partial charge >= 0.3 is 7.60 Å². The largest absolute Gasteiger partial charge is 0.493 e. The molecule has 34 heavy (non-hydrogen) atoms. The van der Waals surface area contributed by atoms with Crippen LogP contribution in [0.15, 0.2) is 60.7 Å². The highest BCUT2D eigenvalue weighted by molar-refractivity contribution is 7.53. The molecular formula is C25H28N3O5P. The fourth-order valence-electron chi connectivity index (χ4n) is 3.80. The number of benzene rings is 3. The number of hydrogen-bond donors (Lipinski definition) is 1. The number of aromatic nitrogens is 2. The van der Waals surface area contributed by atoms with Crippen molar-refractivity contribution in [3.63, 3.8) is 0 Å². The lowest BCUT2D eigenvalue weighted by Crippen LogP contribution is -2.15. The van der Waals surface area contributed by atoms with Crippen LogP contribution in [0, 0.1) is 0 Å². The Hall–Kier alpha value is -3.19. The van der Waals surface area contributed by atoms with Crippen LogP contribution < -0.4 is 10.1 Å². The van der Waals surface area contributed by atoms with E-state index < -0.39 is 7.60 Å². The summed E-state index contributed by atoms with van der Waals surface area (Å²) >= 11 is 0. The maximum atomic E-state index is 12.8. The van der Waals surface area contributed by atoms with Gasteiger partial charge in [0.25, 0.3) is 5.91 Å². The molecule has 0 aliphatic rings. The molecule has 0 unspecified atom stereocenters. The number of imidazole rings is 1. The monoisotopic (exact) mass is 481 g/mol. The summed E-state index contributed by atoms with van der Waals surface area (Å²) in [6.07, 6.45) is 0.151. The lowest BCUT2D eigenvalue weighted by Gasteiger charge is -2.17. The molecule has 0 spiro atoms. The Balaban J connectivity index is 1.42. The van der Waals surface area contributed by atoms with Gasteiger partial charge in [-0.05, 0) is 49.6 Å². The Kier molecular flexibility index (Phi) is 7.32. The number of ether oxygens (including phenoxy) is 1. The average molecular weight is 481 g/mol. The van der Waals surface area contributed by atoms with E-state index in [1.807, 2.05) is 41.9 Å². The maximum absolute atomic E-state index is 12.8. The lowest BCUT2D eigenvalue weighted by molar-refractivity contribution is 0.102. The first-order chi connectivity index (χ1) is 16.4. The number of aryl methyl sites for hydroxylation is 1. The molecule has 0 radical (unpaired) electrons. The van der Waals surface area contributed by atoms with Gasteiger partial charge in [-0.3, -0.25) is 14.7 Å². The van der Waals surface area contributed by atoms with E-state index >= 15 is 0 Å². The third kappa shape index (κ3) is 5.14. The molecule has 9 heteroatoms. The molecule has 0 aliphatic heterocycles. The lowest BCUT2D eigenvalue weighted by atomic mass is 10.1. The molecule has 3 aromatic carbocycles.